The highest BCUT2D eigenvalue weighted by Gasteiger charge is 2.07. The summed E-state index contributed by atoms with van der Waals surface area (Å²) in [6, 6.07) is 3.36. The summed E-state index contributed by atoms with van der Waals surface area (Å²) in [7, 11) is 0. The van der Waals surface area contributed by atoms with Crippen LogP contribution in [0.5, 0.6) is 0 Å². The van der Waals surface area contributed by atoms with E-state index in [1.807, 2.05) is 0 Å². The predicted octanol–water partition coefficient (Wildman–Crippen LogP) is 1.96. The lowest BCUT2D eigenvalue weighted by Crippen LogP contribution is -2.11. The molecule has 2 aromatic rings. The molecule has 1 amide bonds. The quantitative estimate of drug-likeness (QED) is 0.806. The molecule has 0 aliphatic carbocycles. The molecule has 0 aliphatic rings. The molecular formula is C14H19N5O2. The van der Waals surface area contributed by atoms with Crippen LogP contribution in [-0.4, -0.2) is 21.0 Å². The second kappa shape index (κ2) is 7.37. The summed E-state index contributed by atoms with van der Waals surface area (Å²) in [5, 5.41) is 6.63. The van der Waals surface area contributed by atoms with Gasteiger partial charge in [0.1, 0.15) is 5.82 Å². The second-order valence-corrected chi connectivity index (χ2v) is 4.73. The average Bonchev–Trinajstić information content (AvgIpc) is 2.89. The minimum Gasteiger partial charge on any atom is -0.384 e. The van der Waals surface area contributed by atoms with Crippen LogP contribution in [0.15, 0.2) is 22.9 Å². The fraction of sp³-hybridized carbons (Fsp3) is 0.429. The fourth-order valence-electron chi connectivity index (χ4n) is 1.82. The first-order valence-corrected chi connectivity index (χ1v) is 7.00. The maximum atomic E-state index is 11.8. The van der Waals surface area contributed by atoms with Crippen LogP contribution in [0.2, 0.25) is 0 Å². The number of amides is 1. The molecule has 0 atom stereocenters. The second-order valence-electron chi connectivity index (χ2n) is 4.73. The minimum atomic E-state index is -0.0742. The summed E-state index contributed by atoms with van der Waals surface area (Å²) in [5.74, 6) is 1.66. The molecule has 0 aliphatic heterocycles. The van der Waals surface area contributed by atoms with Gasteiger partial charge in [0.2, 0.25) is 11.8 Å². The summed E-state index contributed by atoms with van der Waals surface area (Å²) in [5.41, 5.74) is 6.11. The fourth-order valence-corrected chi connectivity index (χ4v) is 1.82. The molecule has 0 saturated heterocycles. The molecule has 2 heterocycles. The molecule has 0 aromatic carbocycles. The van der Waals surface area contributed by atoms with Crippen LogP contribution in [0.25, 0.3) is 0 Å². The Kier molecular flexibility index (Phi) is 5.25. The molecule has 0 radical (unpaired) electrons. The first-order valence-electron chi connectivity index (χ1n) is 7.00. The monoisotopic (exact) mass is 289 g/mol. The van der Waals surface area contributed by atoms with E-state index in [-0.39, 0.29) is 5.91 Å². The number of nitrogens with one attached hydrogen (secondary N) is 1. The third-order valence-electron chi connectivity index (χ3n) is 2.85. The maximum Gasteiger partial charge on any atom is 0.226 e. The molecule has 0 bridgehead atoms. The van der Waals surface area contributed by atoms with Crippen molar-refractivity contribution in [1.29, 1.82) is 0 Å². The molecule has 0 saturated carbocycles. The van der Waals surface area contributed by atoms with E-state index < -0.39 is 0 Å². The van der Waals surface area contributed by atoms with Gasteiger partial charge in [-0.2, -0.15) is 4.98 Å². The predicted molar refractivity (Wildman–Crippen MR) is 78.5 cm³/mol. The summed E-state index contributed by atoms with van der Waals surface area (Å²) in [4.78, 5) is 19.9. The van der Waals surface area contributed by atoms with Gasteiger partial charge in [-0.05, 0) is 25.0 Å². The average molecular weight is 289 g/mol. The highest BCUT2D eigenvalue weighted by Crippen LogP contribution is 2.09. The number of nitrogens with zero attached hydrogens (tertiary/aromatic N) is 3. The summed E-state index contributed by atoms with van der Waals surface area (Å²) >= 11 is 0. The van der Waals surface area contributed by atoms with Crippen LogP contribution < -0.4 is 11.1 Å². The van der Waals surface area contributed by atoms with Gasteiger partial charge in [-0.3, -0.25) is 4.79 Å². The topological polar surface area (TPSA) is 107 Å². The molecule has 2 rings (SSSR count). The van der Waals surface area contributed by atoms with Crippen molar-refractivity contribution in [2.24, 2.45) is 0 Å². The van der Waals surface area contributed by atoms with Crippen LogP contribution in [0.3, 0.4) is 0 Å². The Balaban J connectivity index is 1.72. The number of hydrogen-bond acceptors (Lipinski definition) is 6. The molecule has 112 valence electrons. The van der Waals surface area contributed by atoms with Crippen LogP contribution in [0.4, 0.5) is 11.5 Å². The lowest BCUT2D eigenvalue weighted by atomic mass is 10.2. The molecule has 7 heteroatoms. The molecule has 0 unspecified atom stereocenters. The highest BCUT2D eigenvalue weighted by molar-refractivity contribution is 5.90. The van der Waals surface area contributed by atoms with Crippen LogP contribution in [-0.2, 0) is 17.6 Å². The highest BCUT2D eigenvalue weighted by atomic mass is 16.5. The van der Waals surface area contributed by atoms with Crippen LogP contribution >= 0.6 is 0 Å². The van der Waals surface area contributed by atoms with Gasteiger partial charge >= 0.3 is 0 Å². The van der Waals surface area contributed by atoms with E-state index in [1.165, 1.54) is 6.20 Å². The lowest BCUT2D eigenvalue weighted by molar-refractivity contribution is -0.116. The summed E-state index contributed by atoms with van der Waals surface area (Å²) in [6.07, 6.45) is 4.97. The van der Waals surface area contributed by atoms with Crippen molar-refractivity contribution >= 4 is 17.4 Å². The number of rotatable bonds is 7. The number of carbonyl (C=O) groups excluding carboxylic acids is 1. The van der Waals surface area contributed by atoms with Crippen molar-refractivity contribution < 1.29 is 9.32 Å². The number of nitrogens with two attached hydrogens (primary N) is 1. The largest absolute Gasteiger partial charge is 0.384 e. The van der Waals surface area contributed by atoms with Crippen molar-refractivity contribution in [3.8, 4) is 0 Å². The zero-order chi connectivity index (χ0) is 15.1. The van der Waals surface area contributed by atoms with Gasteiger partial charge in [-0.1, -0.05) is 12.1 Å². The molecule has 21 heavy (non-hydrogen) atoms. The van der Waals surface area contributed by atoms with E-state index >= 15 is 0 Å². The Labute approximate surface area is 122 Å². The van der Waals surface area contributed by atoms with Crippen molar-refractivity contribution in [1.82, 2.24) is 15.1 Å². The van der Waals surface area contributed by atoms with Gasteiger partial charge in [0.25, 0.3) is 0 Å². The lowest BCUT2D eigenvalue weighted by Gasteiger charge is -2.04. The van der Waals surface area contributed by atoms with Crippen LogP contribution in [0.1, 0.15) is 37.9 Å². The van der Waals surface area contributed by atoms with E-state index in [0.29, 0.717) is 36.7 Å². The number of hydrogen-bond donors (Lipinski definition) is 2. The third kappa shape index (κ3) is 4.87. The minimum absolute atomic E-state index is 0.0742. The van der Waals surface area contributed by atoms with Gasteiger partial charge < -0.3 is 15.6 Å². The first-order chi connectivity index (χ1) is 10.2. The van der Waals surface area contributed by atoms with Crippen molar-refractivity contribution in [2.75, 3.05) is 11.1 Å². The number of carbonyl (C=O) groups is 1. The number of pyridine rings is 1. The molecule has 7 nitrogen and oxygen atoms in total. The van der Waals surface area contributed by atoms with Gasteiger partial charge in [0.05, 0.1) is 11.9 Å². The summed E-state index contributed by atoms with van der Waals surface area (Å²) in [6.45, 7) is 2.06. The Morgan fingerprint density at radius 3 is 2.95 bits per heavy atom. The Hall–Kier alpha value is -2.44. The number of aryl methyl sites for hydroxylation is 2. The summed E-state index contributed by atoms with van der Waals surface area (Å²) < 4.78 is 5.11. The molecule has 0 fully saturated rings. The Bertz CT molecular complexity index is 579. The number of anilines is 2. The Morgan fingerprint density at radius 2 is 2.24 bits per heavy atom. The van der Waals surface area contributed by atoms with Crippen molar-refractivity contribution in [3.05, 3.63) is 30.0 Å². The van der Waals surface area contributed by atoms with E-state index in [9.17, 15) is 4.79 Å². The van der Waals surface area contributed by atoms with Gasteiger partial charge in [-0.25, -0.2) is 4.98 Å². The van der Waals surface area contributed by atoms with Crippen LogP contribution in [0, 0.1) is 0 Å². The normalized spacial score (nSPS) is 10.5. The molecule has 0 spiro atoms. The Morgan fingerprint density at radius 1 is 1.38 bits per heavy atom. The number of nitrogen functional groups attached to an aromatic ring is 1. The van der Waals surface area contributed by atoms with E-state index in [4.69, 9.17) is 10.3 Å². The maximum absolute atomic E-state index is 11.8. The standard InChI is InChI=1S/C14H19N5O2/c1-2-4-12-18-14(21-19-12)6-3-5-13(20)17-10-7-8-11(15)16-9-10/h7-9H,2-6H2,1H3,(H2,15,16)(H,17,20). The molecule has 3 N–H and O–H groups in total. The molecular weight excluding hydrogens is 270 g/mol. The number of aromatic nitrogens is 3. The molecule has 2 aromatic heterocycles. The van der Waals surface area contributed by atoms with Gasteiger partial charge in [-0.15, -0.1) is 0 Å². The van der Waals surface area contributed by atoms with E-state index in [0.717, 1.165) is 18.7 Å². The van der Waals surface area contributed by atoms with Crippen molar-refractivity contribution in [2.45, 2.75) is 39.0 Å². The van der Waals surface area contributed by atoms with E-state index in [2.05, 4.69) is 27.4 Å². The first kappa shape index (κ1) is 15.0. The van der Waals surface area contributed by atoms with Gasteiger partial charge in [0.15, 0.2) is 5.82 Å². The third-order valence-corrected chi connectivity index (χ3v) is 2.85. The zero-order valence-corrected chi connectivity index (χ0v) is 12.0. The smallest absolute Gasteiger partial charge is 0.226 e. The SMILES string of the molecule is CCCc1noc(CCCC(=O)Nc2ccc(N)nc2)n1. The van der Waals surface area contributed by atoms with E-state index in [1.54, 1.807) is 12.1 Å². The van der Waals surface area contributed by atoms with Crippen molar-refractivity contribution in [3.63, 3.8) is 0 Å². The zero-order valence-electron chi connectivity index (χ0n) is 12.0. The van der Waals surface area contributed by atoms with Gasteiger partial charge in [0, 0.05) is 19.3 Å².